The van der Waals surface area contributed by atoms with Crippen molar-refractivity contribution < 1.29 is 4.79 Å². The van der Waals surface area contributed by atoms with Crippen molar-refractivity contribution in [1.82, 2.24) is 9.13 Å². The van der Waals surface area contributed by atoms with Gasteiger partial charge in [0.25, 0.3) is 5.56 Å². The normalized spacial score (nSPS) is 10.9. The summed E-state index contributed by atoms with van der Waals surface area (Å²) >= 11 is 0. The number of fused-ring (bicyclic) bond motifs is 1. The molecule has 0 aliphatic rings. The van der Waals surface area contributed by atoms with Gasteiger partial charge in [-0.15, -0.1) is 0 Å². The van der Waals surface area contributed by atoms with Gasteiger partial charge in [0.05, 0.1) is 5.69 Å². The van der Waals surface area contributed by atoms with E-state index < -0.39 is 0 Å². The van der Waals surface area contributed by atoms with E-state index in [0.29, 0.717) is 12.2 Å². The van der Waals surface area contributed by atoms with E-state index in [0.717, 1.165) is 23.0 Å². The number of amides is 1. The number of hydrogen-bond acceptors (Lipinski definition) is 2. The first-order valence-corrected chi connectivity index (χ1v) is 8.13. The fourth-order valence-corrected chi connectivity index (χ4v) is 2.92. The van der Waals surface area contributed by atoms with Crippen molar-refractivity contribution >= 4 is 22.5 Å². The number of carbonyl (C=O) groups is 1. The molecule has 124 valence electrons. The number of hydrogen-bond donors (Lipinski definition) is 1. The molecule has 3 aromatic rings. The summed E-state index contributed by atoms with van der Waals surface area (Å²) in [7, 11) is 0. The Kier molecular flexibility index (Phi) is 4.51. The molecule has 0 bridgehead atoms. The Bertz CT molecular complexity index is 937. The lowest BCUT2D eigenvalue weighted by molar-refractivity contribution is -0.116. The van der Waals surface area contributed by atoms with Crippen molar-refractivity contribution in [2.75, 3.05) is 5.32 Å². The summed E-state index contributed by atoms with van der Waals surface area (Å²) in [6.45, 7) is 4.89. The third-order valence-corrected chi connectivity index (χ3v) is 4.05. The molecular formula is C19H21N3O2. The largest absolute Gasteiger partial charge is 0.335 e. The van der Waals surface area contributed by atoms with Gasteiger partial charge >= 0.3 is 0 Å². The molecule has 2 aromatic heterocycles. The highest BCUT2D eigenvalue weighted by molar-refractivity contribution is 5.92. The van der Waals surface area contributed by atoms with Crippen LogP contribution in [-0.2, 0) is 17.9 Å². The third kappa shape index (κ3) is 3.25. The van der Waals surface area contributed by atoms with Crippen LogP contribution in [0.5, 0.6) is 0 Å². The Morgan fingerprint density at radius 2 is 1.96 bits per heavy atom. The number of nitrogens with one attached hydrogen (secondary N) is 1. The summed E-state index contributed by atoms with van der Waals surface area (Å²) in [4.78, 5) is 24.2. The average molecular weight is 323 g/mol. The number of nitrogens with zero attached hydrogens (tertiary/aromatic N) is 2. The van der Waals surface area contributed by atoms with Gasteiger partial charge in [0.1, 0.15) is 6.54 Å². The summed E-state index contributed by atoms with van der Waals surface area (Å²) in [5.74, 6) is -0.110. The highest BCUT2D eigenvalue weighted by Gasteiger charge is 2.10. The van der Waals surface area contributed by atoms with Crippen LogP contribution in [0.1, 0.15) is 19.0 Å². The number of rotatable bonds is 5. The Morgan fingerprint density at radius 1 is 1.17 bits per heavy atom. The number of anilines is 1. The first-order chi connectivity index (χ1) is 11.6. The SMILES string of the molecule is CCCn1cc(NC(=O)Cn2c(C)cc3ccccc32)ccc1=O. The van der Waals surface area contributed by atoms with Crippen molar-refractivity contribution in [3.8, 4) is 0 Å². The van der Waals surface area contributed by atoms with E-state index in [1.54, 1.807) is 16.8 Å². The van der Waals surface area contributed by atoms with Crippen molar-refractivity contribution in [2.24, 2.45) is 0 Å². The summed E-state index contributed by atoms with van der Waals surface area (Å²) in [5.41, 5.74) is 2.67. The Labute approximate surface area is 140 Å². The van der Waals surface area contributed by atoms with Gasteiger partial charge in [0, 0.05) is 30.0 Å². The molecule has 24 heavy (non-hydrogen) atoms. The Balaban J connectivity index is 1.79. The van der Waals surface area contributed by atoms with E-state index >= 15 is 0 Å². The lowest BCUT2D eigenvalue weighted by atomic mass is 10.2. The fraction of sp³-hybridized carbons (Fsp3) is 0.263. The van der Waals surface area contributed by atoms with Gasteiger partial charge in [-0.1, -0.05) is 25.1 Å². The molecular weight excluding hydrogens is 302 g/mol. The molecule has 1 N–H and O–H groups in total. The van der Waals surface area contributed by atoms with E-state index in [9.17, 15) is 9.59 Å². The molecule has 0 fully saturated rings. The van der Waals surface area contributed by atoms with Gasteiger partial charge < -0.3 is 14.5 Å². The monoisotopic (exact) mass is 323 g/mol. The zero-order chi connectivity index (χ0) is 17.1. The van der Waals surface area contributed by atoms with Gasteiger partial charge in [0.15, 0.2) is 0 Å². The van der Waals surface area contributed by atoms with Crippen LogP contribution in [0.2, 0.25) is 0 Å². The molecule has 5 nitrogen and oxygen atoms in total. The van der Waals surface area contributed by atoms with E-state index in [4.69, 9.17) is 0 Å². The molecule has 1 amide bonds. The van der Waals surface area contributed by atoms with Crippen molar-refractivity contribution in [1.29, 1.82) is 0 Å². The van der Waals surface area contributed by atoms with Crippen molar-refractivity contribution in [2.45, 2.75) is 33.4 Å². The molecule has 0 aliphatic heterocycles. The Morgan fingerprint density at radius 3 is 2.75 bits per heavy atom. The van der Waals surface area contributed by atoms with Crippen LogP contribution in [0.25, 0.3) is 10.9 Å². The number of benzene rings is 1. The van der Waals surface area contributed by atoms with Crippen LogP contribution < -0.4 is 10.9 Å². The van der Waals surface area contributed by atoms with E-state index in [1.807, 2.05) is 42.7 Å². The van der Waals surface area contributed by atoms with Gasteiger partial charge in [-0.3, -0.25) is 9.59 Å². The molecule has 0 saturated carbocycles. The second kappa shape index (κ2) is 6.74. The van der Waals surface area contributed by atoms with Crippen molar-refractivity contribution in [3.05, 3.63) is 64.7 Å². The zero-order valence-corrected chi connectivity index (χ0v) is 14.0. The van der Waals surface area contributed by atoms with Crippen LogP contribution in [0, 0.1) is 6.92 Å². The third-order valence-electron chi connectivity index (χ3n) is 4.05. The van der Waals surface area contributed by atoms with Gasteiger partial charge in [-0.2, -0.15) is 0 Å². The van der Waals surface area contributed by atoms with Gasteiger partial charge in [-0.05, 0) is 36.9 Å². The minimum absolute atomic E-state index is 0.0536. The molecule has 0 atom stereocenters. The highest BCUT2D eigenvalue weighted by Crippen LogP contribution is 2.19. The van der Waals surface area contributed by atoms with Crippen LogP contribution >= 0.6 is 0 Å². The molecule has 1 aromatic carbocycles. The number of pyridine rings is 1. The molecule has 3 rings (SSSR count). The minimum Gasteiger partial charge on any atom is -0.335 e. The quantitative estimate of drug-likeness (QED) is 0.784. The summed E-state index contributed by atoms with van der Waals surface area (Å²) in [6.07, 6.45) is 2.57. The van der Waals surface area contributed by atoms with Crippen molar-refractivity contribution in [3.63, 3.8) is 0 Å². The second-order valence-electron chi connectivity index (χ2n) is 5.93. The standard InChI is InChI=1S/C19H21N3O2/c1-3-10-21-12-16(8-9-19(21)24)20-18(23)13-22-14(2)11-15-6-4-5-7-17(15)22/h4-9,11-12H,3,10,13H2,1-2H3,(H,20,23). The first kappa shape index (κ1) is 16.1. The van der Waals surface area contributed by atoms with Crippen LogP contribution in [0.4, 0.5) is 5.69 Å². The van der Waals surface area contributed by atoms with E-state index in [-0.39, 0.29) is 18.0 Å². The number of carbonyl (C=O) groups excluding carboxylic acids is 1. The summed E-state index contributed by atoms with van der Waals surface area (Å²) in [6, 6.07) is 13.2. The first-order valence-electron chi connectivity index (χ1n) is 8.13. The molecule has 5 heteroatoms. The van der Waals surface area contributed by atoms with Crippen LogP contribution in [0.3, 0.4) is 0 Å². The molecule has 0 unspecified atom stereocenters. The van der Waals surface area contributed by atoms with Crippen LogP contribution in [0.15, 0.2) is 53.5 Å². The zero-order valence-electron chi connectivity index (χ0n) is 14.0. The average Bonchev–Trinajstić information content (AvgIpc) is 2.87. The molecule has 2 heterocycles. The lowest BCUT2D eigenvalue weighted by Crippen LogP contribution is -2.22. The smallest absolute Gasteiger partial charge is 0.250 e. The van der Waals surface area contributed by atoms with E-state index in [1.165, 1.54) is 6.07 Å². The molecule has 0 aliphatic carbocycles. The number of aryl methyl sites for hydroxylation is 2. The summed E-state index contributed by atoms with van der Waals surface area (Å²) in [5, 5.41) is 4.00. The topological polar surface area (TPSA) is 56.0 Å². The predicted molar refractivity (Wildman–Crippen MR) is 96.3 cm³/mol. The maximum Gasteiger partial charge on any atom is 0.250 e. The number of aromatic nitrogens is 2. The lowest BCUT2D eigenvalue weighted by Gasteiger charge is -2.11. The Hall–Kier alpha value is -2.82. The molecule has 0 radical (unpaired) electrons. The number of para-hydroxylation sites is 1. The minimum atomic E-state index is -0.110. The maximum absolute atomic E-state index is 12.4. The second-order valence-corrected chi connectivity index (χ2v) is 5.93. The van der Waals surface area contributed by atoms with Crippen LogP contribution in [-0.4, -0.2) is 15.0 Å². The van der Waals surface area contributed by atoms with Gasteiger partial charge in [-0.25, -0.2) is 0 Å². The molecule has 0 saturated heterocycles. The summed E-state index contributed by atoms with van der Waals surface area (Å²) < 4.78 is 3.61. The maximum atomic E-state index is 12.4. The highest BCUT2D eigenvalue weighted by atomic mass is 16.2. The van der Waals surface area contributed by atoms with E-state index in [2.05, 4.69) is 11.4 Å². The van der Waals surface area contributed by atoms with Gasteiger partial charge in [0.2, 0.25) is 5.91 Å². The molecule has 0 spiro atoms. The predicted octanol–water partition coefficient (Wildman–Crippen LogP) is 3.16. The fourth-order valence-electron chi connectivity index (χ4n) is 2.92.